The molecule has 0 bridgehead atoms. The number of carboxylic acid groups (broad SMARTS) is 1. The van der Waals surface area contributed by atoms with E-state index in [9.17, 15) is 19.5 Å². The number of rotatable bonds is 8. The van der Waals surface area contributed by atoms with E-state index in [0.717, 1.165) is 22.3 Å². The minimum Gasteiger partial charge on any atom is -0.479 e. The molecule has 1 aliphatic carbocycles. The van der Waals surface area contributed by atoms with Crippen molar-refractivity contribution in [2.45, 2.75) is 18.4 Å². The molecule has 1 atom stereocenters. The molecular weight excluding hydrogens is 452 g/mol. The number of aliphatic carboxylic acids is 1. The van der Waals surface area contributed by atoms with E-state index in [2.05, 4.69) is 27.9 Å². The second-order valence-corrected chi connectivity index (χ2v) is 8.51. The molecule has 2 aromatic carbocycles. The molecule has 4 rings (SSSR count). The number of fused-ring (bicyclic) bond motifs is 3. The molecule has 0 spiro atoms. The number of aryl methyl sites for hydroxylation is 1. The van der Waals surface area contributed by atoms with E-state index in [-0.39, 0.29) is 30.6 Å². The summed E-state index contributed by atoms with van der Waals surface area (Å²) in [5.74, 6) is -1.84. The number of nitrogens with zero attached hydrogens (tertiary/aromatic N) is 2. The standard InChI is InChI=1S/C25H26N4O6/c1-25(14-34-3,23(31)32)27-22(30)20-12-21(29(2)28-20)26-24(33)35-13-19-17-10-6-4-8-15(17)16-9-5-7-11-18(16)19/h4-12,19H,13-14H2,1-3H3,(H,26,33)(H,27,30)(H,31,32). The number of nitrogens with one attached hydrogen (secondary N) is 2. The van der Waals surface area contributed by atoms with Gasteiger partial charge in [-0.25, -0.2) is 9.59 Å². The predicted octanol–water partition coefficient (Wildman–Crippen LogP) is 3.00. The van der Waals surface area contributed by atoms with Crippen LogP contribution in [-0.2, 0) is 21.3 Å². The van der Waals surface area contributed by atoms with Gasteiger partial charge in [0.1, 0.15) is 12.4 Å². The predicted molar refractivity (Wildman–Crippen MR) is 127 cm³/mol. The average Bonchev–Trinajstić information content (AvgIpc) is 3.35. The van der Waals surface area contributed by atoms with Crippen molar-refractivity contribution in [1.82, 2.24) is 15.1 Å². The summed E-state index contributed by atoms with van der Waals surface area (Å²) in [6.45, 7) is 1.24. The van der Waals surface area contributed by atoms with Gasteiger partial charge in [0.25, 0.3) is 5.91 Å². The first kappa shape index (κ1) is 24.0. The molecule has 0 saturated heterocycles. The summed E-state index contributed by atoms with van der Waals surface area (Å²) in [5.41, 5.74) is 2.74. The molecule has 3 aromatic rings. The van der Waals surface area contributed by atoms with Crippen molar-refractivity contribution < 1.29 is 29.0 Å². The Kier molecular flexibility index (Phi) is 6.57. The molecule has 10 heteroatoms. The van der Waals surface area contributed by atoms with Gasteiger partial charge < -0.3 is 19.9 Å². The maximum absolute atomic E-state index is 12.6. The number of ether oxygens (including phenoxy) is 2. The third kappa shape index (κ3) is 4.73. The molecule has 1 heterocycles. The number of aromatic nitrogens is 2. The SMILES string of the molecule is COCC(C)(NC(=O)c1cc(NC(=O)OCC2c3ccccc3-c3ccccc32)n(C)n1)C(=O)O. The zero-order valence-corrected chi connectivity index (χ0v) is 19.6. The van der Waals surface area contributed by atoms with E-state index >= 15 is 0 Å². The van der Waals surface area contributed by atoms with Gasteiger partial charge in [0, 0.05) is 26.1 Å². The number of anilines is 1. The highest BCUT2D eigenvalue weighted by Crippen LogP contribution is 2.44. The number of amides is 2. The van der Waals surface area contributed by atoms with Crippen LogP contribution in [0, 0.1) is 0 Å². The molecule has 3 N–H and O–H groups in total. The van der Waals surface area contributed by atoms with Crippen molar-refractivity contribution in [3.8, 4) is 11.1 Å². The van der Waals surface area contributed by atoms with Gasteiger partial charge in [0.2, 0.25) is 0 Å². The first-order valence-electron chi connectivity index (χ1n) is 10.9. The summed E-state index contributed by atoms with van der Waals surface area (Å²) >= 11 is 0. The lowest BCUT2D eigenvalue weighted by Crippen LogP contribution is -2.55. The monoisotopic (exact) mass is 478 g/mol. The fourth-order valence-corrected chi connectivity index (χ4v) is 4.19. The molecule has 1 aromatic heterocycles. The average molecular weight is 479 g/mol. The molecular formula is C25H26N4O6. The third-order valence-electron chi connectivity index (χ3n) is 5.98. The van der Waals surface area contributed by atoms with Crippen LogP contribution in [0.25, 0.3) is 11.1 Å². The number of hydrogen-bond donors (Lipinski definition) is 3. The van der Waals surface area contributed by atoms with E-state index in [1.54, 1.807) is 7.05 Å². The lowest BCUT2D eigenvalue weighted by molar-refractivity contribution is -0.145. The molecule has 2 amide bonds. The molecule has 1 aliphatic rings. The van der Waals surface area contributed by atoms with Crippen LogP contribution in [0.3, 0.4) is 0 Å². The van der Waals surface area contributed by atoms with Crippen LogP contribution in [-0.4, -0.2) is 58.7 Å². The summed E-state index contributed by atoms with van der Waals surface area (Å²) in [4.78, 5) is 36.7. The number of benzene rings is 2. The minimum absolute atomic E-state index is 0.0648. The van der Waals surface area contributed by atoms with E-state index in [0.29, 0.717) is 0 Å². The van der Waals surface area contributed by atoms with Crippen molar-refractivity contribution in [3.05, 3.63) is 71.4 Å². The zero-order valence-electron chi connectivity index (χ0n) is 19.6. The lowest BCUT2D eigenvalue weighted by Gasteiger charge is -2.24. The first-order chi connectivity index (χ1) is 16.7. The molecule has 182 valence electrons. The van der Waals surface area contributed by atoms with Crippen LogP contribution in [0.15, 0.2) is 54.6 Å². The molecule has 10 nitrogen and oxygen atoms in total. The molecule has 0 saturated carbocycles. The van der Waals surface area contributed by atoms with Crippen LogP contribution in [0.2, 0.25) is 0 Å². The summed E-state index contributed by atoms with van der Waals surface area (Å²) in [5, 5.41) is 18.5. The highest BCUT2D eigenvalue weighted by molar-refractivity contribution is 5.97. The first-order valence-corrected chi connectivity index (χ1v) is 10.9. The fourth-order valence-electron chi connectivity index (χ4n) is 4.19. The summed E-state index contributed by atoms with van der Waals surface area (Å²) in [6.07, 6.45) is -0.698. The van der Waals surface area contributed by atoms with Gasteiger partial charge >= 0.3 is 12.1 Å². The van der Waals surface area contributed by atoms with Gasteiger partial charge in [-0.05, 0) is 29.2 Å². The van der Waals surface area contributed by atoms with Crippen molar-refractivity contribution in [2.24, 2.45) is 7.05 Å². The number of carboxylic acids is 1. The Morgan fingerprint density at radius 1 is 1.09 bits per heavy atom. The highest BCUT2D eigenvalue weighted by atomic mass is 16.5. The molecule has 0 aliphatic heterocycles. The van der Waals surface area contributed by atoms with E-state index in [1.165, 1.54) is 24.8 Å². The Bertz CT molecular complexity index is 1240. The minimum atomic E-state index is -1.64. The van der Waals surface area contributed by atoms with E-state index in [1.807, 2.05) is 36.4 Å². The molecule has 35 heavy (non-hydrogen) atoms. The van der Waals surface area contributed by atoms with Gasteiger partial charge in [-0.2, -0.15) is 5.10 Å². The van der Waals surface area contributed by atoms with Crippen molar-refractivity contribution in [1.29, 1.82) is 0 Å². The number of carbonyl (C=O) groups is 3. The Morgan fingerprint density at radius 2 is 1.69 bits per heavy atom. The van der Waals surface area contributed by atoms with Gasteiger partial charge in [-0.3, -0.25) is 14.8 Å². The molecule has 1 unspecified atom stereocenters. The summed E-state index contributed by atoms with van der Waals surface area (Å²) < 4.78 is 11.7. The lowest BCUT2D eigenvalue weighted by atomic mass is 9.98. The van der Waals surface area contributed by atoms with Gasteiger partial charge in [0.15, 0.2) is 11.2 Å². The Hall–Kier alpha value is -4.18. The van der Waals surface area contributed by atoms with Crippen LogP contribution in [0.4, 0.5) is 10.6 Å². The quantitative estimate of drug-likeness (QED) is 0.453. The highest BCUT2D eigenvalue weighted by Gasteiger charge is 2.36. The van der Waals surface area contributed by atoms with Gasteiger partial charge in [-0.15, -0.1) is 0 Å². The van der Waals surface area contributed by atoms with Crippen LogP contribution < -0.4 is 10.6 Å². The summed E-state index contributed by atoms with van der Waals surface area (Å²) in [6, 6.07) is 17.4. The fraction of sp³-hybridized carbons (Fsp3) is 0.280. The second-order valence-electron chi connectivity index (χ2n) is 8.51. The molecule has 0 fully saturated rings. The normalized spacial score (nSPS) is 13.9. The van der Waals surface area contributed by atoms with E-state index in [4.69, 9.17) is 9.47 Å². The number of methoxy groups -OCH3 is 1. The Labute approximate surface area is 201 Å². The van der Waals surface area contributed by atoms with Crippen molar-refractivity contribution >= 4 is 23.8 Å². The van der Waals surface area contributed by atoms with Crippen LogP contribution in [0.1, 0.15) is 34.5 Å². The molecule has 0 radical (unpaired) electrons. The number of carbonyl (C=O) groups excluding carboxylic acids is 2. The smallest absolute Gasteiger partial charge is 0.412 e. The van der Waals surface area contributed by atoms with Crippen LogP contribution >= 0.6 is 0 Å². The number of hydrogen-bond acceptors (Lipinski definition) is 6. The zero-order chi connectivity index (χ0) is 25.2. The largest absolute Gasteiger partial charge is 0.479 e. The maximum Gasteiger partial charge on any atom is 0.412 e. The third-order valence-corrected chi connectivity index (χ3v) is 5.98. The van der Waals surface area contributed by atoms with Gasteiger partial charge in [-0.1, -0.05) is 48.5 Å². The Balaban J connectivity index is 1.42. The second kappa shape index (κ2) is 9.59. The van der Waals surface area contributed by atoms with E-state index < -0.39 is 23.5 Å². The van der Waals surface area contributed by atoms with Gasteiger partial charge in [0.05, 0.1) is 6.61 Å². The van der Waals surface area contributed by atoms with Crippen molar-refractivity contribution in [3.63, 3.8) is 0 Å². The summed E-state index contributed by atoms with van der Waals surface area (Å²) in [7, 11) is 2.88. The topological polar surface area (TPSA) is 132 Å². The Morgan fingerprint density at radius 3 is 2.26 bits per heavy atom. The van der Waals surface area contributed by atoms with Crippen LogP contribution in [0.5, 0.6) is 0 Å². The maximum atomic E-state index is 12.6. The van der Waals surface area contributed by atoms with Crippen molar-refractivity contribution in [2.75, 3.05) is 25.6 Å².